The Balaban J connectivity index is 1.54. The summed E-state index contributed by atoms with van der Waals surface area (Å²) in [6, 6.07) is -1.05. The third-order valence-electron chi connectivity index (χ3n) is 8.25. The van der Waals surface area contributed by atoms with Crippen molar-refractivity contribution in [3.05, 3.63) is 0 Å². The molecule has 2 saturated heterocycles. The smallest absolute Gasteiger partial charge is 0.217 e. The van der Waals surface area contributed by atoms with Gasteiger partial charge in [-0.1, -0.05) is 27.2 Å². The third kappa shape index (κ3) is 3.80. The minimum atomic E-state index is -1.40. The van der Waals surface area contributed by atoms with Crippen molar-refractivity contribution in [2.45, 2.75) is 95.2 Å². The zero-order valence-corrected chi connectivity index (χ0v) is 19.3. The van der Waals surface area contributed by atoms with Crippen LogP contribution in [0.5, 0.6) is 0 Å². The molecule has 2 saturated carbocycles. The number of rotatable bonds is 6. The molecular formula is C23H37NO8. The number of fused-ring (bicyclic) bond motifs is 2. The molecule has 182 valence electrons. The van der Waals surface area contributed by atoms with Gasteiger partial charge in [-0.3, -0.25) is 9.59 Å². The van der Waals surface area contributed by atoms with Crippen LogP contribution in [0, 0.1) is 23.2 Å². The molecule has 0 bridgehead atoms. The van der Waals surface area contributed by atoms with Crippen molar-refractivity contribution in [1.29, 1.82) is 0 Å². The molecule has 2 heterocycles. The molecule has 0 aromatic heterocycles. The summed E-state index contributed by atoms with van der Waals surface area (Å²) < 4.78 is 17.9. The van der Waals surface area contributed by atoms with Crippen LogP contribution in [0.4, 0.5) is 0 Å². The van der Waals surface area contributed by atoms with Gasteiger partial charge in [-0.25, -0.2) is 0 Å². The Morgan fingerprint density at radius 3 is 2.59 bits per heavy atom. The fraction of sp³-hybridized carbons (Fsp3) is 0.913. The molecule has 4 N–H and O–H groups in total. The lowest BCUT2D eigenvalue weighted by Gasteiger charge is -2.45. The Hall–Kier alpha value is -1.10. The first-order chi connectivity index (χ1) is 15.0. The summed E-state index contributed by atoms with van der Waals surface area (Å²) in [6.07, 6.45) is -0.175. The fourth-order valence-corrected chi connectivity index (χ4v) is 6.74. The minimum Gasteiger partial charge on any atom is -0.394 e. The molecule has 4 fully saturated rings. The zero-order valence-electron chi connectivity index (χ0n) is 19.3. The number of carbonyl (C=O) groups is 2. The number of aliphatic hydroxyl groups is 3. The molecule has 1 amide bonds. The number of aliphatic hydroxyl groups excluding tert-OH is 3. The summed E-state index contributed by atoms with van der Waals surface area (Å²) in [7, 11) is 0. The van der Waals surface area contributed by atoms with Gasteiger partial charge in [0.25, 0.3) is 0 Å². The number of hydrogen-bond donors (Lipinski definition) is 4. The maximum atomic E-state index is 12.4. The van der Waals surface area contributed by atoms with Crippen LogP contribution in [0.3, 0.4) is 0 Å². The molecule has 2 aliphatic carbocycles. The minimum absolute atomic E-state index is 0.0346. The van der Waals surface area contributed by atoms with E-state index in [1.807, 2.05) is 0 Å². The van der Waals surface area contributed by atoms with Crippen LogP contribution in [-0.2, 0) is 23.8 Å². The fourth-order valence-electron chi connectivity index (χ4n) is 6.74. The highest BCUT2D eigenvalue weighted by Crippen LogP contribution is 2.68. The van der Waals surface area contributed by atoms with Gasteiger partial charge in [-0.2, -0.15) is 0 Å². The molecule has 4 rings (SSSR count). The van der Waals surface area contributed by atoms with Gasteiger partial charge in [0.2, 0.25) is 5.91 Å². The van der Waals surface area contributed by atoms with Crippen molar-refractivity contribution in [1.82, 2.24) is 5.32 Å². The number of carbonyl (C=O) groups excluding carboxylic acids is 2. The Bertz CT molecular complexity index is 746. The SMILES string of the molecule is CC(=O)N[C@H]1[C@@H](OC[C@@]2(C=O)O[C@@]23CC(C)(C)C[C@H]2[C@@H](C)CC[C@@H]23)O[C@H](CO)[C@@H](O)[C@@H]1O. The molecule has 10 atom stereocenters. The van der Waals surface area contributed by atoms with E-state index < -0.39 is 54.4 Å². The molecule has 1 spiro atoms. The van der Waals surface area contributed by atoms with E-state index in [-0.39, 0.29) is 17.9 Å². The molecule has 4 aliphatic rings. The van der Waals surface area contributed by atoms with E-state index in [1.54, 1.807) is 0 Å². The number of amides is 1. The standard InChI is InChI=1S/C23H37NO8/c1-12-5-6-15-14(12)7-21(3,4)9-23(15)22(10-26,32-23)11-30-20-17(24-13(2)27)19(29)18(28)16(8-25)31-20/h10,12,14-20,25,28-29H,5-9,11H2,1-4H3,(H,24,27)/t12-,14-,15-,16+,17+,18+,19+,20-,22+,23+/m0/s1. The van der Waals surface area contributed by atoms with Gasteiger partial charge in [0.05, 0.1) is 13.2 Å². The Morgan fingerprint density at radius 1 is 1.25 bits per heavy atom. The molecule has 9 nitrogen and oxygen atoms in total. The van der Waals surface area contributed by atoms with Crippen molar-refractivity contribution in [2.24, 2.45) is 23.2 Å². The monoisotopic (exact) mass is 455 g/mol. The highest BCUT2D eigenvalue weighted by atomic mass is 16.7. The molecule has 0 aromatic rings. The van der Waals surface area contributed by atoms with Crippen molar-refractivity contribution in [3.63, 3.8) is 0 Å². The molecule has 0 unspecified atom stereocenters. The van der Waals surface area contributed by atoms with Gasteiger partial charge in [-0.05, 0) is 42.4 Å². The normalized spacial score (nSPS) is 49.5. The zero-order chi connectivity index (χ0) is 23.5. The Morgan fingerprint density at radius 2 is 1.97 bits per heavy atom. The lowest BCUT2D eigenvalue weighted by atomic mass is 9.59. The molecule has 2 aliphatic heterocycles. The first-order valence-electron chi connectivity index (χ1n) is 11.7. The summed E-state index contributed by atoms with van der Waals surface area (Å²) in [6.45, 7) is 7.37. The lowest BCUT2D eigenvalue weighted by Crippen LogP contribution is -2.65. The Kier molecular flexibility index (Phi) is 6.22. The maximum absolute atomic E-state index is 12.4. The second kappa shape index (κ2) is 8.29. The van der Waals surface area contributed by atoms with E-state index in [0.717, 1.165) is 32.0 Å². The molecule has 0 radical (unpaired) electrons. The molecule has 32 heavy (non-hydrogen) atoms. The number of hydrogen-bond acceptors (Lipinski definition) is 8. The van der Waals surface area contributed by atoms with Crippen molar-refractivity contribution >= 4 is 12.2 Å². The highest BCUT2D eigenvalue weighted by molar-refractivity contribution is 5.73. The van der Waals surface area contributed by atoms with Crippen LogP contribution < -0.4 is 5.32 Å². The van der Waals surface area contributed by atoms with Crippen LogP contribution in [0.15, 0.2) is 0 Å². The van der Waals surface area contributed by atoms with Crippen LogP contribution >= 0.6 is 0 Å². The summed E-state index contributed by atoms with van der Waals surface area (Å²) >= 11 is 0. The number of aldehydes is 1. The number of nitrogens with one attached hydrogen (secondary N) is 1. The molecular weight excluding hydrogens is 418 g/mol. The summed E-state index contributed by atoms with van der Waals surface area (Å²) in [5, 5.41) is 32.7. The van der Waals surface area contributed by atoms with E-state index in [1.165, 1.54) is 6.92 Å². The molecule has 9 heteroatoms. The van der Waals surface area contributed by atoms with Gasteiger partial charge in [0.1, 0.15) is 30.0 Å². The first kappa shape index (κ1) is 24.0. The predicted molar refractivity (Wildman–Crippen MR) is 112 cm³/mol. The topological polar surface area (TPSA) is 138 Å². The van der Waals surface area contributed by atoms with E-state index in [9.17, 15) is 24.9 Å². The largest absolute Gasteiger partial charge is 0.394 e. The quantitative estimate of drug-likeness (QED) is 0.328. The number of ether oxygens (including phenoxy) is 3. The van der Waals surface area contributed by atoms with E-state index in [2.05, 4.69) is 26.1 Å². The van der Waals surface area contributed by atoms with E-state index in [0.29, 0.717) is 11.8 Å². The van der Waals surface area contributed by atoms with Gasteiger partial charge >= 0.3 is 0 Å². The van der Waals surface area contributed by atoms with Gasteiger partial charge < -0.3 is 34.8 Å². The van der Waals surface area contributed by atoms with Gasteiger partial charge in [-0.15, -0.1) is 0 Å². The second-order valence-electron chi connectivity index (χ2n) is 11.1. The van der Waals surface area contributed by atoms with Crippen molar-refractivity contribution < 1.29 is 39.1 Å². The highest BCUT2D eigenvalue weighted by Gasteiger charge is 2.77. The van der Waals surface area contributed by atoms with Crippen molar-refractivity contribution in [3.8, 4) is 0 Å². The molecule has 0 aromatic carbocycles. The second-order valence-corrected chi connectivity index (χ2v) is 11.1. The van der Waals surface area contributed by atoms with E-state index >= 15 is 0 Å². The Labute approximate surface area is 188 Å². The summed E-state index contributed by atoms with van der Waals surface area (Å²) in [4.78, 5) is 24.0. The predicted octanol–water partition coefficient (Wildman–Crippen LogP) is 0.136. The van der Waals surface area contributed by atoms with E-state index in [4.69, 9.17) is 14.2 Å². The van der Waals surface area contributed by atoms with Gasteiger partial charge in [0, 0.05) is 6.92 Å². The van der Waals surface area contributed by atoms with Crippen LogP contribution in [-0.4, -0.2) is 82.6 Å². The number of epoxide rings is 1. The lowest BCUT2D eigenvalue weighted by molar-refractivity contribution is -0.272. The first-order valence-corrected chi connectivity index (χ1v) is 11.7. The van der Waals surface area contributed by atoms with Gasteiger partial charge in [0.15, 0.2) is 18.2 Å². The third-order valence-corrected chi connectivity index (χ3v) is 8.25. The van der Waals surface area contributed by atoms with Crippen LogP contribution in [0.2, 0.25) is 0 Å². The van der Waals surface area contributed by atoms with Crippen molar-refractivity contribution in [2.75, 3.05) is 13.2 Å². The summed E-state index contributed by atoms with van der Waals surface area (Å²) in [5.74, 6) is 0.936. The van der Waals surface area contributed by atoms with Crippen LogP contribution in [0.25, 0.3) is 0 Å². The average Bonchev–Trinajstić information content (AvgIpc) is 3.18. The van der Waals surface area contributed by atoms with Crippen LogP contribution in [0.1, 0.15) is 53.4 Å². The summed E-state index contributed by atoms with van der Waals surface area (Å²) in [5.41, 5.74) is -1.66. The average molecular weight is 456 g/mol. The maximum Gasteiger partial charge on any atom is 0.217 e.